The van der Waals surface area contributed by atoms with E-state index in [1.165, 1.54) is 0 Å². The monoisotopic (exact) mass is 315 g/mol. The van der Waals surface area contributed by atoms with E-state index < -0.39 is 37.3 Å². The largest absolute Gasteiger partial charge is 0.369 e. The average Bonchev–Trinajstić information content (AvgIpc) is 2.54. The Morgan fingerprint density at radius 2 is 2.05 bits per heavy atom. The van der Waals surface area contributed by atoms with Crippen LogP contribution in [-0.4, -0.2) is 49.1 Å². The molecule has 2 rings (SSSR count). The Labute approximate surface area is 128 Å². The second-order valence-corrected chi connectivity index (χ2v) is 5.51. The van der Waals surface area contributed by atoms with Crippen LogP contribution in [-0.2, 0) is 16.1 Å². The number of hydrogen-bond acceptors (Lipinski definition) is 3. The Morgan fingerprint density at radius 1 is 1.32 bits per heavy atom. The van der Waals surface area contributed by atoms with E-state index in [1.54, 1.807) is 0 Å². The lowest BCUT2D eigenvalue weighted by atomic mass is 10.0. The molecular formula is C16H20F3NO2. The molecule has 0 amide bonds. The number of ketones is 1. The second-order valence-electron chi connectivity index (χ2n) is 5.51. The highest BCUT2D eigenvalue weighted by atomic mass is 19.3. The van der Waals surface area contributed by atoms with Crippen molar-refractivity contribution in [1.29, 1.82) is 0 Å². The van der Waals surface area contributed by atoms with Gasteiger partial charge >= 0.3 is 0 Å². The van der Waals surface area contributed by atoms with Gasteiger partial charge < -0.3 is 4.74 Å². The summed E-state index contributed by atoms with van der Waals surface area (Å²) in [5.74, 6) is -3.92. The summed E-state index contributed by atoms with van der Waals surface area (Å²) in [6, 6.07) is 9.61. The second kappa shape index (κ2) is 7.74. The van der Waals surface area contributed by atoms with E-state index in [2.05, 4.69) is 0 Å². The lowest BCUT2D eigenvalue weighted by Crippen LogP contribution is -2.50. The zero-order valence-corrected chi connectivity index (χ0v) is 12.3. The van der Waals surface area contributed by atoms with E-state index in [0.717, 1.165) is 5.56 Å². The molecule has 1 aliphatic heterocycles. The summed E-state index contributed by atoms with van der Waals surface area (Å²) in [4.78, 5) is 12.8. The number of nitrogens with zero attached hydrogens (tertiary/aromatic N) is 1. The maximum atomic E-state index is 14.1. The van der Waals surface area contributed by atoms with Gasteiger partial charge in [-0.15, -0.1) is 0 Å². The fourth-order valence-corrected chi connectivity index (χ4v) is 2.48. The van der Waals surface area contributed by atoms with E-state index in [1.807, 2.05) is 35.2 Å². The third-order valence-corrected chi connectivity index (χ3v) is 3.76. The Hall–Kier alpha value is -1.40. The predicted molar refractivity (Wildman–Crippen MR) is 76.6 cm³/mol. The number of ether oxygens (including phenoxy) is 1. The predicted octanol–water partition coefficient (Wildman–Crippen LogP) is 2.84. The van der Waals surface area contributed by atoms with Crippen LogP contribution in [0.3, 0.4) is 0 Å². The van der Waals surface area contributed by atoms with Crippen LogP contribution in [0.5, 0.6) is 0 Å². The molecule has 1 atom stereocenters. The molecule has 1 fully saturated rings. The number of carbonyl (C=O) groups excluding carboxylic acids is 1. The van der Waals surface area contributed by atoms with E-state index in [-0.39, 0.29) is 13.2 Å². The third kappa shape index (κ3) is 4.81. The molecule has 1 aliphatic rings. The molecule has 1 aromatic carbocycles. The van der Waals surface area contributed by atoms with Crippen LogP contribution in [0.25, 0.3) is 0 Å². The van der Waals surface area contributed by atoms with E-state index in [9.17, 15) is 18.0 Å². The highest BCUT2D eigenvalue weighted by molar-refractivity contribution is 5.79. The van der Waals surface area contributed by atoms with Crippen molar-refractivity contribution in [1.82, 2.24) is 4.90 Å². The summed E-state index contributed by atoms with van der Waals surface area (Å²) in [7, 11) is 0. The van der Waals surface area contributed by atoms with Crippen molar-refractivity contribution in [2.75, 3.05) is 26.4 Å². The number of Topliss-reactive ketones (excluding diaryl/α,β-unsaturated/α-hetero) is 1. The van der Waals surface area contributed by atoms with E-state index in [4.69, 9.17) is 4.74 Å². The van der Waals surface area contributed by atoms with Crippen molar-refractivity contribution in [3.05, 3.63) is 35.9 Å². The molecule has 0 aromatic heterocycles. The van der Waals surface area contributed by atoms with Gasteiger partial charge in [0.15, 0.2) is 5.78 Å². The smallest absolute Gasteiger partial charge is 0.275 e. The topological polar surface area (TPSA) is 29.5 Å². The number of morpholine rings is 1. The molecule has 1 aromatic rings. The molecule has 1 saturated heterocycles. The van der Waals surface area contributed by atoms with Gasteiger partial charge in [0, 0.05) is 32.5 Å². The van der Waals surface area contributed by atoms with Crippen LogP contribution in [0, 0.1) is 0 Å². The van der Waals surface area contributed by atoms with Gasteiger partial charge in [0.1, 0.15) is 12.8 Å². The summed E-state index contributed by atoms with van der Waals surface area (Å²) in [5.41, 5.74) is 1.05. The number of halogens is 3. The molecule has 0 saturated carbocycles. The van der Waals surface area contributed by atoms with Crippen LogP contribution < -0.4 is 0 Å². The van der Waals surface area contributed by atoms with Crippen LogP contribution in [0.4, 0.5) is 13.2 Å². The van der Waals surface area contributed by atoms with Gasteiger partial charge in [0.05, 0.1) is 6.61 Å². The van der Waals surface area contributed by atoms with Crippen LogP contribution in [0.15, 0.2) is 30.3 Å². The van der Waals surface area contributed by atoms with Crippen molar-refractivity contribution in [2.45, 2.75) is 31.4 Å². The van der Waals surface area contributed by atoms with Crippen molar-refractivity contribution in [3.63, 3.8) is 0 Å². The first-order valence-corrected chi connectivity index (χ1v) is 7.34. The zero-order chi connectivity index (χ0) is 16.0. The van der Waals surface area contributed by atoms with Crippen LogP contribution >= 0.6 is 0 Å². The molecule has 0 radical (unpaired) electrons. The van der Waals surface area contributed by atoms with Crippen LogP contribution in [0.2, 0.25) is 0 Å². The van der Waals surface area contributed by atoms with Crippen molar-refractivity contribution in [2.24, 2.45) is 0 Å². The molecule has 0 N–H and O–H groups in total. The van der Waals surface area contributed by atoms with Gasteiger partial charge in [-0.2, -0.15) is 0 Å². The number of alkyl halides is 3. The SMILES string of the molecule is O=C(CF)CCC(F)(F)C1CN(Cc2ccccc2)CCO1. The Kier molecular flexibility index (Phi) is 5.97. The standard InChI is InChI=1S/C16H20F3NO2/c17-10-14(21)6-7-16(18,19)15-12-20(8-9-22-15)11-13-4-2-1-3-5-13/h1-5,15H,6-12H2. The summed E-state index contributed by atoms with van der Waals surface area (Å²) < 4.78 is 45.4. The minimum Gasteiger partial charge on any atom is -0.369 e. The first-order chi connectivity index (χ1) is 10.5. The van der Waals surface area contributed by atoms with Crippen LogP contribution in [0.1, 0.15) is 18.4 Å². The molecule has 122 valence electrons. The third-order valence-electron chi connectivity index (χ3n) is 3.76. The number of carbonyl (C=O) groups is 1. The molecule has 1 unspecified atom stereocenters. The summed E-state index contributed by atoms with van der Waals surface area (Å²) in [6.07, 6.45) is -2.38. The van der Waals surface area contributed by atoms with E-state index >= 15 is 0 Å². The lowest BCUT2D eigenvalue weighted by Gasteiger charge is -2.36. The van der Waals surface area contributed by atoms with Gasteiger partial charge in [0.2, 0.25) is 0 Å². The first-order valence-electron chi connectivity index (χ1n) is 7.34. The highest BCUT2D eigenvalue weighted by Gasteiger charge is 2.42. The molecule has 0 aliphatic carbocycles. The number of hydrogen-bond donors (Lipinski definition) is 0. The lowest BCUT2D eigenvalue weighted by molar-refractivity contribution is -0.172. The minimum atomic E-state index is -3.12. The molecular weight excluding hydrogens is 295 g/mol. The quantitative estimate of drug-likeness (QED) is 0.775. The van der Waals surface area contributed by atoms with Gasteiger partial charge in [-0.1, -0.05) is 30.3 Å². The minimum absolute atomic E-state index is 0.103. The Bertz CT molecular complexity index is 482. The molecule has 1 heterocycles. The fourth-order valence-electron chi connectivity index (χ4n) is 2.48. The molecule has 0 bridgehead atoms. The number of rotatable bonds is 7. The maximum absolute atomic E-state index is 14.1. The Morgan fingerprint density at radius 3 is 2.73 bits per heavy atom. The summed E-state index contributed by atoms with van der Waals surface area (Å²) in [6.45, 7) is 0.308. The van der Waals surface area contributed by atoms with Gasteiger partial charge in [-0.25, -0.2) is 13.2 Å². The summed E-state index contributed by atoms with van der Waals surface area (Å²) >= 11 is 0. The van der Waals surface area contributed by atoms with Gasteiger partial charge in [-0.3, -0.25) is 9.69 Å². The van der Waals surface area contributed by atoms with Gasteiger partial charge in [-0.05, 0) is 5.56 Å². The normalized spacial score (nSPS) is 20.0. The highest BCUT2D eigenvalue weighted by Crippen LogP contribution is 2.30. The average molecular weight is 315 g/mol. The zero-order valence-electron chi connectivity index (χ0n) is 12.3. The molecule has 0 spiro atoms. The van der Waals surface area contributed by atoms with Gasteiger partial charge in [0.25, 0.3) is 5.92 Å². The number of benzene rings is 1. The Balaban J connectivity index is 1.90. The molecule has 22 heavy (non-hydrogen) atoms. The first kappa shape index (κ1) is 17.0. The van der Waals surface area contributed by atoms with Crippen molar-refractivity contribution >= 4 is 5.78 Å². The fraction of sp³-hybridized carbons (Fsp3) is 0.562. The molecule has 6 heteroatoms. The van der Waals surface area contributed by atoms with E-state index in [0.29, 0.717) is 13.1 Å². The molecule has 3 nitrogen and oxygen atoms in total. The van der Waals surface area contributed by atoms with Crippen molar-refractivity contribution < 1.29 is 22.7 Å². The maximum Gasteiger partial charge on any atom is 0.275 e. The van der Waals surface area contributed by atoms with Crippen molar-refractivity contribution in [3.8, 4) is 0 Å². The summed E-state index contributed by atoms with van der Waals surface area (Å²) in [5, 5.41) is 0.